The summed E-state index contributed by atoms with van der Waals surface area (Å²) in [6, 6.07) is 22.7. The zero-order valence-corrected chi connectivity index (χ0v) is 19.2. The van der Waals surface area contributed by atoms with Crippen LogP contribution in [-0.4, -0.2) is 40.4 Å². The lowest BCUT2D eigenvalue weighted by Gasteiger charge is -2.38. The molecule has 2 unspecified atom stereocenters. The Labute approximate surface area is 195 Å². The number of halogens is 1. The van der Waals surface area contributed by atoms with Crippen LogP contribution in [0.15, 0.2) is 66.7 Å². The van der Waals surface area contributed by atoms with Gasteiger partial charge < -0.3 is 10.2 Å². The molecular weight excluding hydrogens is 418 g/mol. The molecular formula is C28H30ClNO2. The molecule has 1 aliphatic heterocycles. The van der Waals surface area contributed by atoms with Crippen molar-refractivity contribution in [2.24, 2.45) is 0 Å². The molecule has 0 saturated carbocycles. The van der Waals surface area contributed by atoms with E-state index in [0.717, 1.165) is 30.5 Å². The second-order valence-electron chi connectivity index (χ2n) is 8.50. The van der Waals surface area contributed by atoms with Crippen LogP contribution in [0.5, 0.6) is 0 Å². The topological polar surface area (TPSA) is 43.7 Å². The van der Waals surface area contributed by atoms with Gasteiger partial charge in [0, 0.05) is 11.6 Å². The van der Waals surface area contributed by atoms with Crippen molar-refractivity contribution in [3.05, 3.63) is 94.0 Å². The summed E-state index contributed by atoms with van der Waals surface area (Å²) in [5, 5.41) is 20.5. The SMILES string of the molecule is Cc1c(C=Cc2ccc(CN3CCCC(O)C3CO)cc2Cl)cccc1-c1ccccc1. The van der Waals surface area contributed by atoms with Crippen molar-refractivity contribution in [2.75, 3.05) is 13.2 Å². The van der Waals surface area contributed by atoms with E-state index in [0.29, 0.717) is 11.6 Å². The normalized spacial score (nSPS) is 19.5. The van der Waals surface area contributed by atoms with Gasteiger partial charge in [0.2, 0.25) is 0 Å². The van der Waals surface area contributed by atoms with Gasteiger partial charge in [-0.2, -0.15) is 0 Å². The molecule has 3 nitrogen and oxygen atoms in total. The summed E-state index contributed by atoms with van der Waals surface area (Å²) >= 11 is 6.61. The van der Waals surface area contributed by atoms with E-state index in [2.05, 4.69) is 72.5 Å². The smallest absolute Gasteiger partial charge is 0.0718 e. The van der Waals surface area contributed by atoms with Crippen LogP contribution >= 0.6 is 11.6 Å². The number of rotatable bonds is 6. The minimum Gasteiger partial charge on any atom is -0.395 e. The minimum absolute atomic E-state index is 0.0306. The van der Waals surface area contributed by atoms with Gasteiger partial charge in [0.1, 0.15) is 0 Å². The summed E-state index contributed by atoms with van der Waals surface area (Å²) in [5.74, 6) is 0. The third kappa shape index (κ3) is 5.13. The third-order valence-corrected chi connectivity index (χ3v) is 6.73. The highest BCUT2D eigenvalue weighted by molar-refractivity contribution is 6.32. The quantitative estimate of drug-likeness (QED) is 0.469. The fourth-order valence-corrected chi connectivity index (χ4v) is 4.79. The molecule has 2 atom stereocenters. The summed E-state index contributed by atoms with van der Waals surface area (Å²) in [4.78, 5) is 2.15. The van der Waals surface area contributed by atoms with Gasteiger partial charge in [-0.15, -0.1) is 0 Å². The predicted octanol–water partition coefficient (Wildman–Crippen LogP) is 5.80. The zero-order chi connectivity index (χ0) is 22.5. The number of aliphatic hydroxyl groups is 2. The standard InChI is InChI=1S/C28H30ClNO2/c1-20-22(9-5-10-25(20)23-7-3-2-4-8-23)14-15-24-13-12-21(17-26(24)29)18-30-16-6-11-28(32)27(30)19-31/h2-5,7-10,12-15,17,27-28,31-32H,6,11,16,18-19H2,1H3. The van der Waals surface area contributed by atoms with E-state index in [4.69, 9.17) is 11.6 Å². The Morgan fingerprint density at radius 3 is 2.53 bits per heavy atom. The number of likely N-dealkylation sites (tertiary alicyclic amines) is 1. The molecule has 32 heavy (non-hydrogen) atoms. The highest BCUT2D eigenvalue weighted by Gasteiger charge is 2.29. The lowest BCUT2D eigenvalue weighted by Crippen LogP contribution is -2.49. The van der Waals surface area contributed by atoms with Crippen LogP contribution in [-0.2, 0) is 6.54 Å². The molecule has 1 saturated heterocycles. The van der Waals surface area contributed by atoms with Crippen molar-refractivity contribution >= 4 is 23.8 Å². The Balaban J connectivity index is 1.51. The molecule has 0 aliphatic carbocycles. The van der Waals surface area contributed by atoms with Crippen LogP contribution in [0.4, 0.5) is 0 Å². The van der Waals surface area contributed by atoms with E-state index in [9.17, 15) is 10.2 Å². The van der Waals surface area contributed by atoms with Crippen LogP contribution in [0, 0.1) is 6.92 Å². The van der Waals surface area contributed by atoms with Crippen molar-refractivity contribution in [1.29, 1.82) is 0 Å². The number of benzene rings is 3. The molecule has 0 bridgehead atoms. The Hall–Kier alpha value is -2.43. The first kappa shape index (κ1) is 22.8. The molecule has 0 spiro atoms. The van der Waals surface area contributed by atoms with Crippen molar-refractivity contribution in [2.45, 2.75) is 38.5 Å². The first-order valence-electron chi connectivity index (χ1n) is 11.2. The number of piperidine rings is 1. The molecule has 1 fully saturated rings. The van der Waals surface area contributed by atoms with Crippen molar-refractivity contribution < 1.29 is 10.2 Å². The number of hydrogen-bond donors (Lipinski definition) is 2. The van der Waals surface area contributed by atoms with Crippen molar-refractivity contribution in [1.82, 2.24) is 4.90 Å². The van der Waals surface area contributed by atoms with E-state index in [-0.39, 0.29) is 12.6 Å². The predicted molar refractivity (Wildman–Crippen MR) is 134 cm³/mol. The van der Waals surface area contributed by atoms with Gasteiger partial charge in [0.15, 0.2) is 0 Å². The van der Waals surface area contributed by atoms with Crippen molar-refractivity contribution in [3.8, 4) is 11.1 Å². The summed E-state index contributed by atoms with van der Waals surface area (Å²) in [7, 11) is 0. The largest absolute Gasteiger partial charge is 0.395 e. The highest BCUT2D eigenvalue weighted by atomic mass is 35.5. The van der Waals surface area contributed by atoms with E-state index >= 15 is 0 Å². The molecule has 2 N–H and O–H groups in total. The second kappa shape index (κ2) is 10.5. The number of nitrogens with zero attached hydrogens (tertiary/aromatic N) is 1. The maximum absolute atomic E-state index is 10.2. The molecule has 166 valence electrons. The minimum atomic E-state index is -0.471. The number of aliphatic hydroxyl groups excluding tert-OH is 2. The first-order valence-corrected chi connectivity index (χ1v) is 11.6. The summed E-state index contributed by atoms with van der Waals surface area (Å²) in [5.41, 5.74) is 6.91. The van der Waals surface area contributed by atoms with E-state index in [1.807, 2.05) is 18.2 Å². The van der Waals surface area contributed by atoms with Crippen LogP contribution in [0.1, 0.15) is 35.1 Å². The summed E-state index contributed by atoms with van der Waals surface area (Å²) in [6.07, 6.45) is 5.39. The molecule has 0 aromatic heterocycles. The fourth-order valence-electron chi connectivity index (χ4n) is 4.52. The molecule has 1 heterocycles. The second-order valence-corrected chi connectivity index (χ2v) is 8.91. The average molecular weight is 448 g/mol. The maximum Gasteiger partial charge on any atom is 0.0718 e. The van der Waals surface area contributed by atoms with Gasteiger partial charge in [-0.1, -0.05) is 84.4 Å². The van der Waals surface area contributed by atoms with Gasteiger partial charge in [-0.25, -0.2) is 0 Å². The van der Waals surface area contributed by atoms with Crippen LogP contribution < -0.4 is 0 Å². The highest BCUT2D eigenvalue weighted by Crippen LogP contribution is 2.28. The molecule has 4 rings (SSSR count). The zero-order valence-electron chi connectivity index (χ0n) is 18.4. The molecule has 4 heteroatoms. The Morgan fingerprint density at radius 1 is 1.00 bits per heavy atom. The van der Waals surface area contributed by atoms with Gasteiger partial charge in [0.05, 0.1) is 18.8 Å². The maximum atomic E-state index is 10.2. The molecule has 1 aliphatic rings. The van der Waals surface area contributed by atoms with Crippen LogP contribution in [0.2, 0.25) is 5.02 Å². The van der Waals surface area contributed by atoms with E-state index in [1.54, 1.807) is 0 Å². The molecule has 3 aromatic carbocycles. The third-order valence-electron chi connectivity index (χ3n) is 6.40. The van der Waals surface area contributed by atoms with Crippen LogP contribution in [0.3, 0.4) is 0 Å². The van der Waals surface area contributed by atoms with Gasteiger partial charge in [-0.05, 0) is 65.8 Å². The summed E-state index contributed by atoms with van der Waals surface area (Å²) < 4.78 is 0. The lowest BCUT2D eigenvalue weighted by atomic mass is 9.96. The fraction of sp³-hybridized carbons (Fsp3) is 0.286. The number of hydrogen-bond acceptors (Lipinski definition) is 3. The van der Waals surface area contributed by atoms with Crippen molar-refractivity contribution in [3.63, 3.8) is 0 Å². The average Bonchev–Trinajstić information content (AvgIpc) is 2.80. The van der Waals surface area contributed by atoms with Gasteiger partial charge in [0.25, 0.3) is 0 Å². The Morgan fingerprint density at radius 2 is 1.78 bits per heavy atom. The summed E-state index contributed by atoms with van der Waals surface area (Å²) in [6.45, 7) is 3.66. The van der Waals surface area contributed by atoms with Gasteiger partial charge >= 0.3 is 0 Å². The van der Waals surface area contributed by atoms with Crippen LogP contribution in [0.25, 0.3) is 23.3 Å². The molecule has 0 radical (unpaired) electrons. The Kier molecular flexibility index (Phi) is 7.44. The first-order chi connectivity index (χ1) is 15.6. The van der Waals surface area contributed by atoms with E-state index in [1.165, 1.54) is 22.3 Å². The lowest BCUT2D eigenvalue weighted by molar-refractivity contribution is -0.0197. The van der Waals surface area contributed by atoms with Gasteiger partial charge in [-0.3, -0.25) is 4.90 Å². The monoisotopic (exact) mass is 447 g/mol. The Bertz CT molecular complexity index is 1080. The molecule has 0 amide bonds. The van der Waals surface area contributed by atoms with E-state index < -0.39 is 6.10 Å². The molecule has 3 aromatic rings.